The van der Waals surface area contributed by atoms with Crippen LogP contribution in [0.1, 0.15) is 47.9 Å². The minimum absolute atomic E-state index is 0.377. The molecule has 2 heterocycles. The number of aromatic nitrogens is 1. The SMILES string of the molecule is CCn1c(C)cc(C(=O)OCC(=O)N2CCCC[C@@H]2C(N)=O)c1C. The van der Waals surface area contributed by atoms with Gasteiger partial charge in [0, 0.05) is 24.5 Å². The number of aryl methyl sites for hydroxylation is 1. The topological polar surface area (TPSA) is 94.6 Å². The Morgan fingerprint density at radius 3 is 2.58 bits per heavy atom. The zero-order chi connectivity index (χ0) is 17.9. The number of amides is 2. The summed E-state index contributed by atoms with van der Waals surface area (Å²) >= 11 is 0. The molecule has 0 unspecified atom stereocenters. The Balaban J connectivity index is 2.00. The van der Waals surface area contributed by atoms with E-state index in [2.05, 4.69) is 0 Å². The first kappa shape index (κ1) is 18.0. The summed E-state index contributed by atoms with van der Waals surface area (Å²) in [6.45, 7) is 6.62. The molecule has 7 heteroatoms. The zero-order valence-electron chi connectivity index (χ0n) is 14.5. The number of carbonyl (C=O) groups is 3. The highest BCUT2D eigenvalue weighted by atomic mass is 16.5. The number of nitrogens with two attached hydrogens (primary N) is 1. The van der Waals surface area contributed by atoms with Gasteiger partial charge < -0.3 is 19.9 Å². The van der Waals surface area contributed by atoms with Gasteiger partial charge in [0.05, 0.1) is 5.56 Å². The van der Waals surface area contributed by atoms with Gasteiger partial charge in [0.2, 0.25) is 5.91 Å². The van der Waals surface area contributed by atoms with Gasteiger partial charge in [-0.15, -0.1) is 0 Å². The number of hydrogen-bond acceptors (Lipinski definition) is 4. The van der Waals surface area contributed by atoms with E-state index in [4.69, 9.17) is 10.5 Å². The van der Waals surface area contributed by atoms with Crippen LogP contribution in [0.2, 0.25) is 0 Å². The third kappa shape index (κ3) is 3.60. The van der Waals surface area contributed by atoms with Gasteiger partial charge in [-0.2, -0.15) is 0 Å². The number of esters is 1. The van der Waals surface area contributed by atoms with Gasteiger partial charge in [0.1, 0.15) is 6.04 Å². The lowest BCUT2D eigenvalue weighted by Crippen LogP contribution is -2.51. The fourth-order valence-electron chi connectivity index (χ4n) is 3.31. The molecule has 1 aromatic heterocycles. The Hall–Kier alpha value is -2.31. The molecule has 0 aliphatic carbocycles. The van der Waals surface area contributed by atoms with Crippen LogP contribution in [-0.2, 0) is 20.9 Å². The summed E-state index contributed by atoms with van der Waals surface area (Å²) in [5, 5.41) is 0. The van der Waals surface area contributed by atoms with E-state index in [1.807, 2.05) is 25.3 Å². The summed E-state index contributed by atoms with van der Waals surface area (Å²) in [6, 6.07) is 1.16. The second-order valence-corrected chi connectivity index (χ2v) is 6.11. The van der Waals surface area contributed by atoms with Crippen molar-refractivity contribution in [1.29, 1.82) is 0 Å². The van der Waals surface area contributed by atoms with Crippen molar-refractivity contribution in [3.63, 3.8) is 0 Å². The predicted octanol–water partition coefficient (Wildman–Crippen LogP) is 1.15. The van der Waals surface area contributed by atoms with Crippen LogP contribution in [-0.4, -0.2) is 46.4 Å². The molecule has 2 amide bonds. The molecule has 2 rings (SSSR count). The molecule has 1 fully saturated rings. The Morgan fingerprint density at radius 2 is 2.00 bits per heavy atom. The van der Waals surface area contributed by atoms with E-state index in [0.29, 0.717) is 18.5 Å². The third-order valence-electron chi connectivity index (χ3n) is 4.59. The summed E-state index contributed by atoms with van der Waals surface area (Å²) in [4.78, 5) is 37.4. The van der Waals surface area contributed by atoms with Crippen LogP contribution >= 0.6 is 0 Å². The molecule has 1 saturated heterocycles. The van der Waals surface area contributed by atoms with Crippen LogP contribution in [0.5, 0.6) is 0 Å². The van der Waals surface area contributed by atoms with E-state index in [1.165, 1.54) is 4.90 Å². The third-order valence-corrected chi connectivity index (χ3v) is 4.59. The second-order valence-electron chi connectivity index (χ2n) is 6.11. The standard InChI is InChI=1S/C17H25N3O4/c1-4-19-11(2)9-13(12(19)3)17(23)24-10-15(21)20-8-6-5-7-14(20)16(18)22/h9,14H,4-8,10H2,1-3H3,(H2,18,22)/t14-/m1/s1. The molecule has 0 spiro atoms. The Bertz CT molecular complexity index is 651. The first-order valence-electron chi connectivity index (χ1n) is 8.29. The van der Waals surface area contributed by atoms with Gasteiger partial charge in [-0.3, -0.25) is 9.59 Å². The normalized spacial score (nSPS) is 17.6. The summed E-state index contributed by atoms with van der Waals surface area (Å²) in [5.41, 5.74) is 7.61. The van der Waals surface area contributed by atoms with Crippen molar-refractivity contribution < 1.29 is 19.1 Å². The molecular formula is C17H25N3O4. The zero-order valence-corrected chi connectivity index (χ0v) is 14.5. The summed E-state index contributed by atoms with van der Waals surface area (Å²) < 4.78 is 7.18. The van der Waals surface area contributed by atoms with E-state index >= 15 is 0 Å². The smallest absolute Gasteiger partial charge is 0.340 e. The minimum atomic E-state index is -0.602. The van der Waals surface area contributed by atoms with Crippen molar-refractivity contribution in [2.45, 2.75) is 52.6 Å². The van der Waals surface area contributed by atoms with Crippen molar-refractivity contribution >= 4 is 17.8 Å². The van der Waals surface area contributed by atoms with E-state index in [0.717, 1.165) is 30.8 Å². The first-order chi connectivity index (χ1) is 11.4. The van der Waals surface area contributed by atoms with Crippen molar-refractivity contribution in [3.05, 3.63) is 23.0 Å². The lowest BCUT2D eigenvalue weighted by molar-refractivity contribution is -0.143. The molecular weight excluding hydrogens is 310 g/mol. The van der Waals surface area contributed by atoms with Gasteiger partial charge in [-0.1, -0.05) is 0 Å². The molecule has 2 N–H and O–H groups in total. The molecule has 1 aliphatic rings. The highest BCUT2D eigenvalue weighted by Gasteiger charge is 2.31. The van der Waals surface area contributed by atoms with Crippen LogP contribution in [0.4, 0.5) is 0 Å². The lowest BCUT2D eigenvalue weighted by atomic mass is 10.0. The van der Waals surface area contributed by atoms with Crippen molar-refractivity contribution in [2.75, 3.05) is 13.2 Å². The minimum Gasteiger partial charge on any atom is -0.452 e. The van der Waals surface area contributed by atoms with Gasteiger partial charge in [0.25, 0.3) is 5.91 Å². The molecule has 0 saturated carbocycles. The Morgan fingerprint density at radius 1 is 1.29 bits per heavy atom. The monoisotopic (exact) mass is 335 g/mol. The van der Waals surface area contributed by atoms with E-state index in [9.17, 15) is 14.4 Å². The van der Waals surface area contributed by atoms with Crippen molar-refractivity contribution in [1.82, 2.24) is 9.47 Å². The molecule has 132 valence electrons. The van der Waals surface area contributed by atoms with E-state index in [1.54, 1.807) is 6.07 Å². The molecule has 0 aromatic carbocycles. The van der Waals surface area contributed by atoms with Crippen molar-refractivity contribution in [2.24, 2.45) is 5.73 Å². The molecule has 7 nitrogen and oxygen atoms in total. The van der Waals surface area contributed by atoms with E-state index < -0.39 is 17.9 Å². The highest BCUT2D eigenvalue weighted by molar-refractivity contribution is 5.93. The van der Waals surface area contributed by atoms with Crippen LogP contribution in [0.3, 0.4) is 0 Å². The highest BCUT2D eigenvalue weighted by Crippen LogP contribution is 2.18. The largest absolute Gasteiger partial charge is 0.452 e. The molecule has 1 atom stereocenters. The molecule has 0 radical (unpaired) electrons. The average molecular weight is 335 g/mol. The van der Waals surface area contributed by atoms with Gasteiger partial charge in [-0.25, -0.2) is 4.79 Å². The number of rotatable bonds is 5. The quantitative estimate of drug-likeness (QED) is 0.817. The fraction of sp³-hybridized carbons (Fsp3) is 0.588. The van der Waals surface area contributed by atoms with Gasteiger partial charge >= 0.3 is 5.97 Å². The number of likely N-dealkylation sites (tertiary alicyclic amines) is 1. The Kier molecular flexibility index (Phi) is 5.64. The summed E-state index contributed by atoms with van der Waals surface area (Å²) in [6.07, 6.45) is 2.24. The molecule has 1 aromatic rings. The maximum absolute atomic E-state index is 12.3. The molecule has 1 aliphatic heterocycles. The van der Waals surface area contributed by atoms with Crippen LogP contribution in [0.15, 0.2) is 6.07 Å². The van der Waals surface area contributed by atoms with Crippen LogP contribution in [0, 0.1) is 13.8 Å². The Labute approximate surface area is 141 Å². The fourth-order valence-corrected chi connectivity index (χ4v) is 3.31. The van der Waals surface area contributed by atoms with Gasteiger partial charge in [0.15, 0.2) is 6.61 Å². The maximum Gasteiger partial charge on any atom is 0.340 e. The predicted molar refractivity (Wildman–Crippen MR) is 88.4 cm³/mol. The van der Waals surface area contributed by atoms with Crippen LogP contribution in [0.25, 0.3) is 0 Å². The van der Waals surface area contributed by atoms with Gasteiger partial charge in [-0.05, 0) is 46.1 Å². The number of primary amides is 1. The number of nitrogens with zero attached hydrogens (tertiary/aromatic N) is 2. The average Bonchev–Trinajstić information content (AvgIpc) is 2.86. The second kappa shape index (κ2) is 7.51. The number of piperidine rings is 1. The first-order valence-corrected chi connectivity index (χ1v) is 8.29. The molecule has 24 heavy (non-hydrogen) atoms. The molecule has 0 bridgehead atoms. The number of ether oxygens (including phenoxy) is 1. The summed E-state index contributed by atoms with van der Waals surface area (Å²) in [7, 11) is 0. The number of hydrogen-bond donors (Lipinski definition) is 1. The lowest BCUT2D eigenvalue weighted by Gasteiger charge is -2.33. The van der Waals surface area contributed by atoms with Crippen LogP contribution < -0.4 is 5.73 Å². The summed E-state index contributed by atoms with van der Waals surface area (Å²) in [5.74, 6) is -1.42. The van der Waals surface area contributed by atoms with E-state index in [-0.39, 0.29) is 12.5 Å². The maximum atomic E-state index is 12.3. The van der Waals surface area contributed by atoms with Crippen molar-refractivity contribution in [3.8, 4) is 0 Å². The number of carbonyl (C=O) groups excluding carboxylic acids is 3.